The predicted molar refractivity (Wildman–Crippen MR) is 85.5 cm³/mol. The van der Waals surface area contributed by atoms with E-state index in [2.05, 4.69) is 5.32 Å². The van der Waals surface area contributed by atoms with Gasteiger partial charge in [-0.15, -0.1) is 0 Å². The molecule has 0 aromatic heterocycles. The summed E-state index contributed by atoms with van der Waals surface area (Å²) in [5, 5.41) is 2.93. The molecule has 2 fully saturated rings. The molecule has 1 aliphatic heterocycles. The van der Waals surface area contributed by atoms with Gasteiger partial charge in [0.25, 0.3) is 0 Å². The number of amides is 2. The maximum Gasteiger partial charge on any atom is 0.328 e. The zero-order chi connectivity index (χ0) is 17.2. The summed E-state index contributed by atoms with van der Waals surface area (Å²) < 4.78 is 4.81. The van der Waals surface area contributed by atoms with Crippen LogP contribution in [0.2, 0.25) is 0 Å². The summed E-state index contributed by atoms with van der Waals surface area (Å²) in [4.78, 5) is 38.7. The molecular formula is C17H28N2O4. The van der Waals surface area contributed by atoms with Gasteiger partial charge >= 0.3 is 5.97 Å². The van der Waals surface area contributed by atoms with Gasteiger partial charge in [0.15, 0.2) is 0 Å². The van der Waals surface area contributed by atoms with E-state index in [4.69, 9.17) is 4.74 Å². The number of rotatable bonds is 4. The van der Waals surface area contributed by atoms with E-state index in [1.54, 1.807) is 4.90 Å². The second kappa shape index (κ2) is 6.89. The van der Waals surface area contributed by atoms with E-state index in [1.807, 2.05) is 20.8 Å². The standard InChI is InChI=1S/C17H28N2O4/c1-17(2,3)13(18-14(20)11-7-5-8-11)15(21)19-10-6-9-12(19)16(22)23-4/h11-13H,5-10H2,1-4H3,(H,18,20). The second-order valence-electron chi connectivity index (χ2n) is 7.65. The van der Waals surface area contributed by atoms with Gasteiger partial charge in [0.05, 0.1) is 7.11 Å². The van der Waals surface area contributed by atoms with Crippen molar-refractivity contribution in [2.45, 2.75) is 65.0 Å². The number of esters is 1. The third kappa shape index (κ3) is 3.85. The van der Waals surface area contributed by atoms with Crippen LogP contribution in [-0.4, -0.2) is 48.4 Å². The number of likely N-dealkylation sites (tertiary alicyclic amines) is 1. The summed E-state index contributed by atoms with van der Waals surface area (Å²) in [5.41, 5.74) is -0.417. The zero-order valence-electron chi connectivity index (χ0n) is 14.6. The van der Waals surface area contributed by atoms with Crippen molar-refractivity contribution in [2.24, 2.45) is 11.3 Å². The molecule has 1 saturated heterocycles. The Morgan fingerprint density at radius 2 is 1.78 bits per heavy atom. The third-order valence-electron chi connectivity index (χ3n) is 4.88. The summed E-state index contributed by atoms with van der Waals surface area (Å²) in [6.45, 7) is 6.32. The molecule has 1 saturated carbocycles. The van der Waals surface area contributed by atoms with E-state index in [9.17, 15) is 14.4 Å². The topological polar surface area (TPSA) is 75.7 Å². The van der Waals surface area contributed by atoms with E-state index in [0.717, 1.165) is 25.7 Å². The highest BCUT2D eigenvalue weighted by Gasteiger charge is 2.43. The molecule has 0 spiro atoms. The third-order valence-corrected chi connectivity index (χ3v) is 4.88. The monoisotopic (exact) mass is 324 g/mol. The number of methoxy groups -OCH3 is 1. The molecule has 0 aromatic carbocycles. The van der Waals surface area contributed by atoms with Gasteiger partial charge in [-0.2, -0.15) is 0 Å². The molecule has 2 unspecified atom stereocenters. The molecular weight excluding hydrogens is 296 g/mol. The number of ether oxygens (including phenoxy) is 1. The van der Waals surface area contributed by atoms with Crippen LogP contribution in [0.4, 0.5) is 0 Å². The van der Waals surface area contributed by atoms with Crippen LogP contribution >= 0.6 is 0 Å². The molecule has 1 N–H and O–H groups in total. The van der Waals surface area contributed by atoms with E-state index in [0.29, 0.717) is 13.0 Å². The summed E-state index contributed by atoms with van der Waals surface area (Å²) in [6, 6.07) is -1.15. The van der Waals surface area contributed by atoms with Gasteiger partial charge in [-0.05, 0) is 31.1 Å². The van der Waals surface area contributed by atoms with E-state index >= 15 is 0 Å². The Hall–Kier alpha value is -1.59. The maximum absolute atomic E-state index is 13.0. The second-order valence-corrected chi connectivity index (χ2v) is 7.65. The average Bonchev–Trinajstić information content (AvgIpc) is 2.89. The number of carbonyl (C=O) groups excluding carboxylic acids is 3. The normalized spacial score (nSPS) is 23.1. The molecule has 6 nitrogen and oxygen atoms in total. The summed E-state index contributed by atoms with van der Waals surface area (Å²) >= 11 is 0. The van der Waals surface area contributed by atoms with Crippen LogP contribution in [0, 0.1) is 11.3 Å². The lowest BCUT2D eigenvalue weighted by Crippen LogP contribution is -2.58. The largest absolute Gasteiger partial charge is 0.467 e. The first-order valence-corrected chi connectivity index (χ1v) is 8.44. The van der Waals surface area contributed by atoms with Gasteiger partial charge in [-0.1, -0.05) is 27.2 Å². The number of hydrogen-bond donors (Lipinski definition) is 1. The van der Waals surface area contributed by atoms with Crippen LogP contribution in [0.5, 0.6) is 0 Å². The number of carbonyl (C=O) groups is 3. The smallest absolute Gasteiger partial charge is 0.328 e. The van der Waals surface area contributed by atoms with Gasteiger partial charge in [-0.25, -0.2) is 4.79 Å². The molecule has 2 aliphatic rings. The molecule has 1 heterocycles. The van der Waals surface area contributed by atoms with Crippen LogP contribution in [0.25, 0.3) is 0 Å². The first kappa shape index (κ1) is 17.8. The number of hydrogen-bond acceptors (Lipinski definition) is 4. The Morgan fingerprint density at radius 1 is 1.13 bits per heavy atom. The van der Waals surface area contributed by atoms with Gasteiger partial charge in [-0.3, -0.25) is 9.59 Å². The molecule has 0 radical (unpaired) electrons. The van der Waals surface area contributed by atoms with E-state index < -0.39 is 17.5 Å². The average molecular weight is 324 g/mol. The fourth-order valence-electron chi connectivity index (χ4n) is 3.16. The zero-order valence-corrected chi connectivity index (χ0v) is 14.6. The summed E-state index contributed by atoms with van der Waals surface area (Å²) in [5.74, 6) is -0.576. The van der Waals surface area contributed by atoms with Crippen molar-refractivity contribution in [3.63, 3.8) is 0 Å². The van der Waals surface area contributed by atoms with Crippen LogP contribution in [0.1, 0.15) is 52.9 Å². The van der Waals surface area contributed by atoms with Crippen molar-refractivity contribution in [1.29, 1.82) is 0 Å². The van der Waals surface area contributed by atoms with E-state index in [1.165, 1.54) is 7.11 Å². The molecule has 0 aromatic rings. The fraction of sp³-hybridized carbons (Fsp3) is 0.824. The molecule has 23 heavy (non-hydrogen) atoms. The predicted octanol–water partition coefficient (Wildman–Crippen LogP) is 1.48. The van der Waals surface area contributed by atoms with Crippen molar-refractivity contribution in [2.75, 3.05) is 13.7 Å². The highest BCUT2D eigenvalue weighted by molar-refractivity contribution is 5.92. The Labute approximate surface area is 137 Å². The first-order valence-electron chi connectivity index (χ1n) is 8.44. The van der Waals surface area contributed by atoms with Crippen molar-refractivity contribution in [3.05, 3.63) is 0 Å². The first-order chi connectivity index (χ1) is 10.8. The van der Waals surface area contributed by atoms with Crippen LogP contribution in [0.15, 0.2) is 0 Å². The molecule has 6 heteroatoms. The Morgan fingerprint density at radius 3 is 2.26 bits per heavy atom. The molecule has 0 bridgehead atoms. The van der Waals surface area contributed by atoms with Crippen LogP contribution in [-0.2, 0) is 19.1 Å². The number of nitrogens with zero attached hydrogens (tertiary/aromatic N) is 1. The minimum Gasteiger partial charge on any atom is -0.467 e. The lowest BCUT2D eigenvalue weighted by molar-refractivity contribution is -0.153. The lowest BCUT2D eigenvalue weighted by atomic mass is 9.82. The quantitative estimate of drug-likeness (QED) is 0.795. The summed E-state index contributed by atoms with van der Waals surface area (Å²) in [6.07, 6.45) is 4.25. The lowest BCUT2D eigenvalue weighted by Gasteiger charge is -2.36. The Bertz CT molecular complexity index is 479. The number of nitrogens with one attached hydrogen (secondary N) is 1. The van der Waals surface area contributed by atoms with Gasteiger partial charge in [0.1, 0.15) is 12.1 Å². The molecule has 2 atom stereocenters. The fourth-order valence-corrected chi connectivity index (χ4v) is 3.16. The summed E-state index contributed by atoms with van der Waals surface area (Å²) in [7, 11) is 1.34. The van der Waals surface area contributed by atoms with Crippen molar-refractivity contribution >= 4 is 17.8 Å². The molecule has 130 valence electrons. The SMILES string of the molecule is COC(=O)C1CCCN1C(=O)C(NC(=O)C1CCC1)C(C)(C)C. The molecule has 2 amide bonds. The molecule has 1 aliphatic carbocycles. The Kier molecular flexibility index (Phi) is 5.32. The minimum atomic E-state index is -0.624. The van der Waals surface area contributed by atoms with Gasteiger partial charge in [0, 0.05) is 12.5 Å². The molecule has 2 rings (SSSR count). The Balaban J connectivity index is 2.12. The van der Waals surface area contributed by atoms with E-state index in [-0.39, 0.29) is 23.7 Å². The van der Waals surface area contributed by atoms with Crippen molar-refractivity contribution in [1.82, 2.24) is 10.2 Å². The van der Waals surface area contributed by atoms with Crippen molar-refractivity contribution in [3.8, 4) is 0 Å². The highest BCUT2D eigenvalue weighted by atomic mass is 16.5. The van der Waals surface area contributed by atoms with Gasteiger partial charge in [0.2, 0.25) is 11.8 Å². The van der Waals surface area contributed by atoms with Crippen LogP contribution < -0.4 is 5.32 Å². The van der Waals surface area contributed by atoms with Crippen LogP contribution in [0.3, 0.4) is 0 Å². The van der Waals surface area contributed by atoms with Crippen molar-refractivity contribution < 1.29 is 19.1 Å². The minimum absolute atomic E-state index is 0.0302. The van der Waals surface area contributed by atoms with Gasteiger partial charge < -0.3 is 15.0 Å². The maximum atomic E-state index is 13.0. The highest BCUT2D eigenvalue weighted by Crippen LogP contribution is 2.29.